The highest BCUT2D eigenvalue weighted by Gasteiger charge is 2.10. The minimum atomic E-state index is -0.593. The molecule has 0 spiro atoms. The molecule has 4 rings (SSSR count). The zero-order valence-corrected chi connectivity index (χ0v) is 16.4. The lowest BCUT2D eigenvalue weighted by molar-refractivity contribution is -0.147. The number of rotatable bonds is 7. The van der Waals surface area contributed by atoms with Crippen LogP contribution in [-0.2, 0) is 16.1 Å². The number of hydrogen-bond donors (Lipinski definition) is 2. The topological polar surface area (TPSA) is 98.0 Å². The standard InChI is InChI=1S/C24H19NO6/c26-19-8-11-21-16(12-23(27)31-22(21)13-19)14-30-24(28)15-29-20-9-6-18(7-10-20)25-17-4-2-1-3-5-17/h1-13,25-26H,14-15H2. The molecule has 0 radical (unpaired) electrons. The van der Waals surface area contributed by atoms with Crippen molar-refractivity contribution >= 4 is 28.3 Å². The maximum atomic E-state index is 12.1. The van der Waals surface area contributed by atoms with Gasteiger partial charge in [-0.05, 0) is 48.5 Å². The molecule has 3 aromatic carbocycles. The number of carbonyl (C=O) groups excluding carboxylic acids is 1. The summed E-state index contributed by atoms with van der Waals surface area (Å²) >= 11 is 0. The minimum absolute atomic E-state index is 0.0248. The Morgan fingerprint density at radius 2 is 1.68 bits per heavy atom. The molecule has 0 aliphatic heterocycles. The lowest BCUT2D eigenvalue weighted by Gasteiger charge is -2.10. The highest BCUT2D eigenvalue weighted by Crippen LogP contribution is 2.23. The van der Waals surface area contributed by atoms with E-state index in [2.05, 4.69) is 5.32 Å². The second kappa shape index (κ2) is 9.04. The van der Waals surface area contributed by atoms with E-state index in [0.717, 1.165) is 11.4 Å². The molecule has 4 aromatic rings. The first kappa shape index (κ1) is 20.0. The molecule has 0 fully saturated rings. The molecule has 0 bridgehead atoms. The molecule has 0 saturated heterocycles. The molecular weight excluding hydrogens is 398 g/mol. The number of phenolic OH excluding ortho intramolecular Hbond substituents is 1. The second-order valence-electron chi connectivity index (χ2n) is 6.74. The van der Waals surface area contributed by atoms with Gasteiger partial charge in [-0.3, -0.25) is 0 Å². The van der Waals surface area contributed by atoms with Crippen molar-refractivity contribution in [1.82, 2.24) is 0 Å². The Hall–Kier alpha value is -4.26. The molecule has 156 valence electrons. The summed E-state index contributed by atoms with van der Waals surface area (Å²) in [5.41, 5.74) is 1.97. The van der Waals surface area contributed by atoms with Crippen LogP contribution in [-0.4, -0.2) is 17.7 Å². The Morgan fingerprint density at radius 3 is 2.45 bits per heavy atom. The number of para-hydroxylation sites is 1. The summed E-state index contributed by atoms with van der Waals surface area (Å²) in [6, 6.07) is 22.6. The largest absolute Gasteiger partial charge is 0.508 e. The van der Waals surface area contributed by atoms with Crippen molar-refractivity contribution in [2.24, 2.45) is 0 Å². The number of benzene rings is 3. The Kier molecular flexibility index (Phi) is 5.84. The number of phenols is 1. The van der Waals surface area contributed by atoms with Crippen LogP contribution in [0.15, 0.2) is 88.1 Å². The van der Waals surface area contributed by atoms with Crippen LogP contribution >= 0.6 is 0 Å². The van der Waals surface area contributed by atoms with Gasteiger partial charge in [0.1, 0.15) is 23.7 Å². The van der Waals surface area contributed by atoms with Gasteiger partial charge in [0.05, 0.1) is 0 Å². The number of ether oxygens (including phenoxy) is 2. The summed E-state index contributed by atoms with van der Waals surface area (Å²) in [4.78, 5) is 23.8. The highest BCUT2D eigenvalue weighted by atomic mass is 16.6. The summed E-state index contributed by atoms with van der Waals surface area (Å²) in [7, 11) is 0. The first-order chi connectivity index (χ1) is 15.1. The van der Waals surface area contributed by atoms with Gasteiger partial charge in [-0.1, -0.05) is 18.2 Å². The quantitative estimate of drug-likeness (QED) is 0.340. The Morgan fingerprint density at radius 1 is 0.935 bits per heavy atom. The van der Waals surface area contributed by atoms with Crippen LogP contribution in [0.1, 0.15) is 5.56 Å². The molecule has 0 unspecified atom stereocenters. The van der Waals surface area contributed by atoms with Crippen LogP contribution in [0.5, 0.6) is 11.5 Å². The van der Waals surface area contributed by atoms with Crippen LogP contribution in [0.4, 0.5) is 11.4 Å². The summed E-state index contributed by atoms with van der Waals surface area (Å²) in [6.45, 7) is -0.388. The van der Waals surface area contributed by atoms with Gasteiger partial charge in [-0.25, -0.2) is 9.59 Å². The lowest BCUT2D eigenvalue weighted by Crippen LogP contribution is -2.15. The fraction of sp³-hybridized carbons (Fsp3) is 0.0833. The van der Waals surface area contributed by atoms with Crippen molar-refractivity contribution in [1.29, 1.82) is 0 Å². The third-order valence-corrected chi connectivity index (χ3v) is 4.48. The number of carbonyl (C=O) groups is 1. The van der Waals surface area contributed by atoms with Gasteiger partial charge < -0.3 is 24.3 Å². The van der Waals surface area contributed by atoms with Crippen molar-refractivity contribution in [2.45, 2.75) is 6.61 Å². The molecular formula is C24H19NO6. The Bertz CT molecular complexity index is 1250. The van der Waals surface area contributed by atoms with Crippen molar-refractivity contribution in [3.05, 3.63) is 94.8 Å². The fourth-order valence-corrected chi connectivity index (χ4v) is 3.00. The molecule has 2 N–H and O–H groups in total. The van der Waals surface area contributed by atoms with E-state index < -0.39 is 11.6 Å². The molecule has 0 atom stereocenters. The predicted octanol–water partition coefficient (Wildman–Crippen LogP) is 4.36. The third kappa shape index (κ3) is 5.22. The molecule has 1 aromatic heterocycles. The summed E-state index contributed by atoms with van der Waals surface area (Å²) in [5, 5.41) is 13.4. The number of fused-ring (bicyclic) bond motifs is 1. The van der Waals surface area contributed by atoms with E-state index in [9.17, 15) is 14.7 Å². The SMILES string of the molecule is O=C(COc1ccc(Nc2ccccc2)cc1)OCc1cc(=O)oc2cc(O)ccc12. The van der Waals surface area contributed by atoms with Crippen LogP contribution in [0.3, 0.4) is 0 Å². The molecule has 1 heterocycles. The molecule has 7 heteroatoms. The smallest absolute Gasteiger partial charge is 0.344 e. The van der Waals surface area contributed by atoms with E-state index in [1.165, 1.54) is 18.2 Å². The maximum Gasteiger partial charge on any atom is 0.344 e. The zero-order valence-electron chi connectivity index (χ0n) is 16.4. The highest BCUT2D eigenvalue weighted by molar-refractivity contribution is 5.81. The second-order valence-corrected chi connectivity index (χ2v) is 6.74. The van der Waals surface area contributed by atoms with Crippen LogP contribution in [0.2, 0.25) is 0 Å². The zero-order chi connectivity index (χ0) is 21.6. The van der Waals surface area contributed by atoms with E-state index in [0.29, 0.717) is 16.7 Å². The van der Waals surface area contributed by atoms with Crippen molar-refractivity contribution < 1.29 is 23.8 Å². The summed E-state index contributed by atoms with van der Waals surface area (Å²) in [5.74, 6) is -0.0771. The van der Waals surface area contributed by atoms with Gasteiger partial charge in [0, 0.05) is 34.5 Å². The minimum Gasteiger partial charge on any atom is -0.508 e. The van der Waals surface area contributed by atoms with Gasteiger partial charge in [-0.15, -0.1) is 0 Å². The van der Waals surface area contributed by atoms with Crippen molar-refractivity contribution in [2.75, 3.05) is 11.9 Å². The van der Waals surface area contributed by atoms with Crippen LogP contribution in [0, 0.1) is 0 Å². The van der Waals surface area contributed by atoms with E-state index in [-0.39, 0.29) is 24.5 Å². The van der Waals surface area contributed by atoms with Crippen molar-refractivity contribution in [3.63, 3.8) is 0 Å². The van der Waals surface area contributed by atoms with Gasteiger partial charge in [0.15, 0.2) is 6.61 Å². The van der Waals surface area contributed by atoms with Gasteiger partial charge in [0.25, 0.3) is 0 Å². The monoisotopic (exact) mass is 417 g/mol. The first-order valence-corrected chi connectivity index (χ1v) is 9.53. The summed E-state index contributed by atoms with van der Waals surface area (Å²) < 4.78 is 15.8. The molecule has 0 amide bonds. The normalized spacial score (nSPS) is 10.6. The lowest BCUT2D eigenvalue weighted by atomic mass is 10.1. The summed E-state index contributed by atoms with van der Waals surface area (Å²) in [6.07, 6.45) is 0. The fourth-order valence-electron chi connectivity index (χ4n) is 3.00. The number of aromatic hydroxyl groups is 1. The van der Waals surface area contributed by atoms with E-state index in [1.807, 2.05) is 42.5 Å². The average molecular weight is 417 g/mol. The third-order valence-electron chi connectivity index (χ3n) is 4.48. The van der Waals surface area contributed by atoms with Gasteiger partial charge in [-0.2, -0.15) is 0 Å². The molecule has 0 aliphatic rings. The van der Waals surface area contributed by atoms with Crippen LogP contribution in [0.25, 0.3) is 11.0 Å². The number of nitrogens with one attached hydrogen (secondary N) is 1. The molecule has 31 heavy (non-hydrogen) atoms. The number of hydrogen-bond acceptors (Lipinski definition) is 7. The first-order valence-electron chi connectivity index (χ1n) is 9.53. The Labute approximate surface area is 177 Å². The maximum absolute atomic E-state index is 12.1. The average Bonchev–Trinajstić information content (AvgIpc) is 2.77. The van der Waals surface area contributed by atoms with Gasteiger partial charge in [0.2, 0.25) is 0 Å². The van der Waals surface area contributed by atoms with Gasteiger partial charge >= 0.3 is 11.6 Å². The van der Waals surface area contributed by atoms with E-state index >= 15 is 0 Å². The van der Waals surface area contributed by atoms with Crippen LogP contribution < -0.4 is 15.7 Å². The van der Waals surface area contributed by atoms with E-state index in [1.54, 1.807) is 18.2 Å². The van der Waals surface area contributed by atoms with E-state index in [4.69, 9.17) is 13.9 Å². The number of anilines is 2. The Balaban J connectivity index is 1.32. The predicted molar refractivity (Wildman–Crippen MR) is 116 cm³/mol. The van der Waals surface area contributed by atoms with Crippen molar-refractivity contribution in [3.8, 4) is 11.5 Å². The molecule has 7 nitrogen and oxygen atoms in total. The molecule has 0 saturated carbocycles. The molecule has 0 aliphatic carbocycles. The number of esters is 1.